The summed E-state index contributed by atoms with van der Waals surface area (Å²) in [5.74, 6) is 0. The van der Waals surface area contributed by atoms with Gasteiger partial charge in [-0.25, -0.2) is 0 Å². The first kappa shape index (κ1) is 10.4. The van der Waals surface area contributed by atoms with E-state index in [1.54, 1.807) is 0 Å². The molecule has 1 heterocycles. The maximum absolute atomic E-state index is 5.83. The lowest BCUT2D eigenvalue weighted by Crippen LogP contribution is -2.17. The standard InChI is InChI=1S/C15H15NO/c1-10(16)8-11-6-7-15-13(9-11)12-4-2-3-5-14(12)17-15/h2-7,9-10H,8,16H2,1H3. The van der Waals surface area contributed by atoms with Crippen molar-refractivity contribution in [2.45, 2.75) is 19.4 Å². The van der Waals surface area contributed by atoms with Gasteiger partial charge in [-0.2, -0.15) is 0 Å². The fraction of sp³-hybridized carbons (Fsp3) is 0.200. The second-order valence-corrected chi connectivity index (χ2v) is 4.61. The summed E-state index contributed by atoms with van der Waals surface area (Å²) < 4.78 is 5.78. The molecule has 0 fully saturated rings. The molecule has 2 N–H and O–H groups in total. The van der Waals surface area contributed by atoms with Crippen LogP contribution < -0.4 is 5.73 Å². The maximum atomic E-state index is 5.83. The maximum Gasteiger partial charge on any atom is 0.135 e. The van der Waals surface area contributed by atoms with Crippen molar-refractivity contribution in [3.05, 3.63) is 48.0 Å². The van der Waals surface area contributed by atoms with Crippen molar-refractivity contribution in [1.29, 1.82) is 0 Å². The zero-order valence-electron chi connectivity index (χ0n) is 9.81. The van der Waals surface area contributed by atoms with Gasteiger partial charge < -0.3 is 10.2 Å². The van der Waals surface area contributed by atoms with Crippen LogP contribution in [0.15, 0.2) is 46.9 Å². The monoisotopic (exact) mass is 225 g/mol. The second kappa shape index (κ2) is 3.90. The van der Waals surface area contributed by atoms with Gasteiger partial charge in [0.25, 0.3) is 0 Å². The fourth-order valence-corrected chi connectivity index (χ4v) is 2.27. The molecule has 1 atom stereocenters. The van der Waals surface area contributed by atoms with Crippen LogP contribution in [0.4, 0.5) is 0 Å². The molecule has 2 nitrogen and oxygen atoms in total. The smallest absolute Gasteiger partial charge is 0.135 e. The molecule has 2 heteroatoms. The topological polar surface area (TPSA) is 39.2 Å². The zero-order valence-corrected chi connectivity index (χ0v) is 9.81. The highest BCUT2D eigenvalue weighted by Gasteiger charge is 2.07. The predicted octanol–water partition coefficient (Wildman–Crippen LogP) is 3.48. The third kappa shape index (κ3) is 1.81. The molecule has 0 spiro atoms. The Labute approximate surface area is 100 Å². The van der Waals surface area contributed by atoms with Crippen molar-refractivity contribution >= 4 is 21.9 Å². The molecule has 3 aromatic rings. The normalized spacial score (nSPS) is 13.3. The molecule has 0 saturated carbocycles. The van der Waals surface area contributed by atoms with Crippen molar-refractivity contribution in [3.8, 4) is 0 Å². The highest BCUT2D eigenvalue weighted by Crippen LogP contribution is 2.29. The number of hydrogen-bond acceptors (Lipinski definition) is 2. The molecule has 3 rings (SSSR count). The van der Waals surface area contributed by atoms with Crippen LogP contribution in [0.25, 0.3) is 21.9 Å². The van der Waals surface area contributed by atoms with Crippen LogP contribution in [0.2, 0.25) is 0 Å². The number of rotatable bonds is 2. The number of fused-ring (bicyclic) bond motifs is 3. The summed E-state index contributed by atoms with van der Waals surface area (Å²) in [5, 5.41) is 2.35. The lowest BCUT2D eigenvalue weighted by Gasteiger charge is -2.04. The van der Waals surface area contributed by atoms with Gasteiger partial charge in [-0.05, 0) is 37.1 Å². The third-order valence-corrected chi connectivity index (χ3v) is 3.00. The highest BCUT2D eigenvalue weighted by atomic mass is 16.3. The van der Waals surface area contributed by atoms with Crippen LogP contribution >= 0.6 is 0 Å². The number of para-hydroxylation sites is 1. The Hall–Kier alpha value is -1.80. The van der Waals surface area contributed by atoms with Gasteiger partial charge in [-0.3, -0.25) is 0 Å². The SMILES string of the molecule is CC(N)Cc1ccc2oc3ccccc3c2c1. The molecule has 0 bridgehead atoms. The van der Waals surface area contributed by atoms with E-state index in [1.807, 2.05) is 31.2 Å². The minimum Gasteiger partial charge on any atom is -0.456 e. The quantitative estimate of drug-likeness (QED) is 0.725. The van der Waals surface area contributed by atoms with Crippen molar-refractivity contribution < 1.29 is 4.42 Å². The Kier molecular flexibility index (Phi) is 2.37. The van der Waals surface area contributed by atoms with Gasteiger partial charge in [0.05, 0.1) is 0 Å². The van der Waals surface area contributed by atoms with Gasteiger partial charge in [-0.15, -0.1) is 0 Å². The Morgan fingerprint density at radius 2 is 1.82 bits per heavy atom. The van der Waals surface area contributed by atoms with Gasteiger partial charge >= 0.3 is 0 Å². The minimum absolute atomic E-state index is 0.186. The molecule has 1 unspecified atom stereocenters. The Balaban J connectivity index is 2.23. The summed E-state index contributed by atoms with van der Waals surface area (Å²) in [6.45, 7) is 2.03. The largest absolute Gasteiger partial charge is 0.456 e. The van der Waals surface area contributed by atoms with E-state index in [4.69, 9.17) is 10.2 Å². The van der Waals surface area contributed by atoms with Crippen LogP contribution in [0.3, 0.4) is 0 Å². The molecule has 0 radical (unpaired) electrons. The van der Waals surface area contributed by atoms with Crippen molar-refractivity contribution in [2.24, 2.45) is 5.73 Å². The summed E-state index contributed by atoms with van der Waals surface area (Å²) in [5.41, 5.74) is 8.98. The predicted molar refractivity (Wildman–Crippen MR) is 71.1 cm³/mol. The molecule has 1 aromatic heterocycles. The first-order chi connectivity index (χ1) is 8.24. The van der Waals surface area contributed by atoms with E-state index < -0.39 is 0 Å². The summed E-state index contributed by atoms with van der Waals surface area (Å²) in [7, 11) is 0. The van der Waals surface area contributed by atoms with Crippen LogP contribution in [0.1, 0.15) is 12.5 Å². The summed E-state index contributed by atoms with van der Waals surface area (Å²) in [6, 6.07) is 14.6. The van der Waals surface area contributed by atoms with Gasteiger partial charge in [-0.1, -0.05) is 24.3 Å². The lowest BCUT2D eigenvalue weighted by molar-refractivity contribution is 0.668. The summed E-state index contributed by atoms with van der Waals surface area (Å²) >= 11 is 0. The Bertz CT molecular complexity index is 667. The van der Waals surface area contributed by atoms with Gasteiger partial charge in [0, 0.05) is 16.8 Å². The van der Waals surface area contributed by atoms with Gasteiger partial charge in [0.1, 0.15) is 11.2 Å². The Morgan fingerprint density at radius 3 is 2.65 bits per heavy atom. The molecular formula is C15H15NO. The van der Waals surface area contributed by atoms with Crippen molar-refractivity contribution in [2.75, 3.05) is 0 Å². The van der Waals surface area contributed by atoms with Crippen LogP contribution in [0.5, 0.6) is 0 Å². The molecule has 0 aliphatic rings. The lowest BCUT2D eigenvalue weighted by atomic mass is 10.0. The van der Waals surface area contributed by atoms with Crippen LogP contribution in [-0.4, -0.2) is 6.04 Å². The molecule has 0 aliphatic heterocycles. The number of hydrogen-bond donors (Lipinski definition) is 1. The van der Waals surface area contributed by atoms with E-state index in [0.29, 0.717) is 0 Å². The number of benzene rings is 2. The van der Waals surface area contributed by atoms with E-state index in [1.165, 1.54) is 16.3 Å². The molecule has 0 saturated heterocycles. The van der Waals surface area contributed by atoms with E-state index in [2.05, 4.69) is 18.2 Å². The first-order valence-corrected chi connectivity index (χ1v) is 5.90. The average Bonchev–Trinajstić information content (AvgIpc) is 2.66. The number of furan rings is 1. The van der Waals surface area contributed by atoms with Gasteiger partial charge in [0.15, 0.2) is 0 Å². The van der Waals surface area contributed by atoms with Crippen LogP contribution in [0, 0.1) is 0 Å². The Morgan fingerprint density at radius 1 is 1.06 bits per heavy atom. The minimum atomic E-state index is 0.186. The molecular weight excluding hydrogens is 210 g/mol. The second-order valence-electron chi connectivity index (χ2n) is 4.61. The molecule has 86 valence electrons. The highest BCUT2D eigenvalue weighted by molar-refractivity contribution is 6.04. The van der Waals surface area contributed by atoms with Crippen LogP contribution in [-0.2, 0) is 6.42 Å². The third-order valence-electron chi connectivity index (χ3n) is 3.00. The van der Waals surface area contributed by atoms with Crippen molar-refractivity contribution in [1.82, 2.24) is 0 Å². The molecule has 17 heavy (non-hydrogen) atoms. The molecule has 2 aromatic carbocycles. The molecule has 0 amide bonds. The summed E-state index contributed by atoms with van der Waals surface area (Å²) in [4.78, 5) is 0. The van der Waals surface area contributed by atoms with E-state index in [9.17, 15) is 0 Å². The van der Waals surface area contributed by atoms with E-state index >= 15 is 0 Å². The summed E-state index contributed by atoms with van der Waals surface area (Å²) in [6.07, 6.45) is 0.898. The zero-order chi connectivity index (χ0) is 11.8. The molecule has 0 aliphatic carbocycles. The average molecular weight is 225 g/mol. The number of nitrogens with two attached hydrogens (primary N) is 1. The van der Waals surface area contributed by atoms with Crippen molar-refractivity contribution in [3.63, 3.8) is 0 Å². The fourth-order valence-electron chi connectivity index (χ4n) is 2.27. The van der Waals surface area contributed by atoms with Gasteiger partial charge in [0.2, 0.25) is 0 Å². The first-order valence-electron chi connectivity index (χ1n) is 5.90. The van der Waals surface area contributed by atoms with E-state index in [0.717, 1.165) is 17.6 Å². The van der Waals surface area contributed by atoms with E-state index in [-0.39, 0.29) is 6.04 Å².